The molecule has 122 valence electrons. The van der Waals surface area contributed by atoms with Crippen molar-refractivity contribution in [3.05, 3.63) is 36.0 Å². The standard InChI is InChI=1S/C17H21N3O3/c1-22-13-4-5-16-15(9-13)12(6-8-19-16)10-18-7-2-3-14-11-20-17(21)23-14/h4-6,8-9,14,18H,2-3,7,10-11H2,1H3,(H,20,21). The number of rotatable bonds is 7. The van der Waals surface area contributed by atoms with Gasteiger partial charge in [-0.05, 0) is 49.2 Å². The molecule has 0 bridgehead atoms. The molecule has 0 aliphatic carbocycles. The third kappa shape index (κ3) is 3.90. The van der Waals surface area contributed by atoms with Crippen molar-refractivity contribution in [1.82, 2.24) is 15.6 Å². The van der Waals surface area contributed by atoms with Gasteiger partial charge in [0, 0.05) is 18.1 Å². The number of pyridine rings is 1. The number of fused-ring (bicyclic) bond motifs is 1. The van der Waals surface area contributed by atoms with Crippen molar-refractivity contribution in [2.24, 2.45) is 0 Å². The van der Waals surface area contributed by atoms with Crippen LogP contribution >= 0.6 is 0 Å². The highest BCUT2D eigenvalue weighted by Gasteiger charge is 2.21. The van der Waals surface area contributed by atoms with E-state index in [-0.39, 0.29) is 12.2 Å². The van der Waals surface area contributed by atoms with Crippen molar-refractivity contribution >= 4 is 17.0 Å². The highest BCUT2D eigenvalue weighted by molar-refractivity contribution is 5.83. The molecule has 1 fully saturated rings. The highest BCUT2D eigenvalue weighted by atomic mass is 16.6. The van der Waals surface area contributed by atoms with Crippen LogP contribution in [-0.2, 0) is 11.3 Å². The smallest absolute Gasteiger partial charge is 0.407 e. The van der Waals surface area contributed by atoms with Crippen LogP contribution in [0.3, 0.4) is 0 Å². The fourth-order valence-electron chi connectivity index (χ4n) is 2.73. The third-order valence-corrected chi connectivity index (χ3v) is 3.98. The van der Waals surface area contributed by atoms with Gasteiger partial charge in [-0.1, -0.05) is 0 Å². The second-order valence-electron chi connectivity index (χ2n) is 5.58. The molecule has 3 rings (SSSR count). The van der Waals surface area contributed by atoms with Crippen molar-refractivity contribution < 1.29 is 14.3 Å². The molecule has 1 unspecified atom stereocenters. The average Bonchev–Trinajstić information content (AvgIpc) is 2.99. The number of carbonyl (C=O) groups excluding carboxylic acids is 1. The summed E-state index contributed by atoms with van der Waals surface area (Å²) in [4.78, 5) is 15.3. The third-order valence-electron chi connectivity index (χ3n) is 3.98. The molecule has 1 atom stereocenters. The number of amides is 1. The maximum absolute atomic E-state index is 10.9. The minimum atomic E-state index is -0.305. The van der Waals surface area contributed by atoms with Gasteiger partial charge in [-0.15, -0.1) is 0 Å². The summed E-state index contributed by atoms with van der Waals surface area (Å²) in [6, 6.07) is 7.93. The van der Waals surface area contributed by atoms with E-state index in [1.165, 1.54) is 5.56 Å². The first-order valence-corrected chi connectivity index (χ1v) is 7.83. The van der Waals surface area contributed by atoms with E-state index in [9.17, 15) is 4.79 Å². The molecule has 0 radical (unpaired) electrons. The van der Waals surface area contributed by atoms with E-state index < -0.39 is 0 Å². The Balaban J connectivity index is 1.51. The number of carbonyl (C=O) groups is 1. The van der Waals surface area contributed by atoms with Gasteiger partial charge in [0.2, 0.25) is 0 Å². The Kier molecular flexibility index (Phi) is 4.92. The predicted molar refractivity (Wildman–Crippen MR) is 87.5 cm³/mol. The fraction of sp³-hybridized carbons (Fsp3) is 0.412. The van der Waals surface area contributed by atoms with Gasteiger partial charge in [0.1, 0.15) is 11.9 Å². The summed E-state index contributed by atoms with van der Waals surface area (Å²) in [6.07, 6.45) is 3.37. The summed E-state index contributed by atoms with van der Waals surface area (Å²) in [5.74, 6) is 0.835. The number of hydrogen-bond donors (Lipinski definition) is 2. The van der Waals surface area contributed by atoms with E-state index in [1.54, 1.807) is 7.11 Å². The molecule has 2 heterocycles. The zero-order valence-electron chi connectivity index (χ0n) is 13.2. The molecule has 6 nitrogen and oxygen atoms in total. The molecule has 1 aromatic heterocycles. The van der Waals surface area contributed by atoms with Crippen LogP contribution < -0.4 is 15.4 Å². The maximum atomic E-state index is 10.9. The maximum Gasteiger partial charge on any atom is 0.407 e. The zero-order valence-corrected chi connectivity index (χ0v) is 13.2. The summed E-state index contributed by atoms with van der Waals surface area (Å²) in [5, 5.41) is 7.21. The fourth-order valence-corrected chi connectivity index (χ4v) is 2.73. The van der Waals surface area contributed by atoms with Crippen LogP contribution in [0.5, 0.6) is 5.75 Å². The Morgan fingerprint density at radius 1 is 1.43 bits per heavy atom. The second-order valence-corrected chi connectivity index (χ2v) is 5.58. The van der Waals surface area contributed by atoms with E-state index in [0.29, 0.717) is 6.54 Å². The first-order chi connectivity index (χ1) is 11.3. The van der Waals surface area contributed by atoms with Gasteiger partial charge in [0.25, 0.3) is 0 Å². The molecular formula is C17H21N3O3. The molecule has 1 saturated heterocycles. The molecule has 1 aromatic carbocycles. The van der Waals surface area contributed by atoms with Gasteiger partial charge >= 0.3 is 6.09 Å². The minimum absolute atomic E-state index is 0.00955. The van der Waals surface area contributed by atoms with Crippen LogP contribution in [0, 0.1) is 0 Å². The van der Waals surface area contributed by atoms with Gasteiger partial charge < -0.3 is 20.1 Å². The van der Waals surface area contributed by atoms with E-state index >= 15 is 0 Å². The normalized spacial score (nSPS) is 17.1. The lowest BCUT2D eigenvalue weighted by Crippen LogP contribution is -2.19. The molecule has 2 N–H and O–H groups in total. The lowest BCUT2D eigenvalue weighted by Gasteiger charge is -2.10. The summed E-state index contributed by atoms with van der Waals surface area (Å²) >= 11 is 0. The van der Waals surface area contributed by atoms with Gasteiger partial charge in [0.05, 0.1) is 19.2 Å². The van der Waals surface area contributed by atoms with Crippen LogP contribution in [0.25, 0.3) is 10.9 Å². The van der Waals surface area contributed by atoms with Crippen molar-refractivity contribution in [2.75, 3.05) is 20.2 Å². The topological polar surface area (TPSA) is 72.5 Å². The van der Waals surface area contributed by atoms with Gasteiger partial charge in [-0.2, -0.15) is 0 Å². The SMILES string of the molecule is COc1ccc2nccc(CNCCCC3CNC(=O)O3)c2c1. The Morgan fingerprint density at radius 3 is 3.13 bits per heavy atom. The average molecular weight is 315 g/mol. The second kappa shape index (κ2) is 7.28. The predicted octanol–water partition coefficient (Wildman–Crippen LogP) is 2.22. The van der Waals surface area contributed by atoms with E-state index in [0.717, 1.165) is 42.6 Å². The van der Waals surface area contributed by atoms with Gasteiger partial charge in [-0.3, -0.25) is 4.98 Å². The minimum Gasteiger partial charge on any atom is -0.497 e. The first-order valence-electron chi connectivity index (χ1n) is 7.83. The Hall–Kier alpha value is -2.34. The highest BCUT2D eigenvalue weighted by Crippen LogP contribution is 2.22. The number of nitrogens with one attached hydrogen (secondary N) is 2. The zero-order chi connectivity index (χ0) is 16.1. The molecule has 6 heteroatoms. The molecule has 0 saturated carbocycles. The summed E-state index contributed by atoms with van der Waals surface area (Å²) in [5.41, 5.74) is 2.16. The molecule has 2 aromatic rings. The molecule has 23 heavy (non-hydrogen) atoms. The number of hydrogen-bond acceptors (Lipinski definition) is 5. The quantitative estimate of drug-likeness (QED) is 0.767. The largest absolute Gasteiger partial charge is 0.497 e. The van der Waals surface area contributed by atoms with Crippen LogP contribution in [-0.4, -0.2) is 37.4 Å². The number of benzene rings is 1. The van der Waals surface area contributed by atoms with Gasteiger partial charge in [0.15, 0.2) is 0 Å². The van der Waals surface area contributed by atoms with E-state index in [2.05, 4.69) is 15.6 Å². The number of nitrogens with zero attached hydrogens (tertiary/aromatic N) is 1. The molecular weight excluding hydrogens is 294 g/mol. The Bertz CT molecular complexity index is 690. The summed E-state index contributed by atoms with van der Waals surface area (Å²) in [6.45, 7) is 2.27. The summed E-state index contributed by atoms with van der Waals surface area (Å²) in [7, 11) is 1.67. The van der Waals surface area contributed by atoms with Crippen LogP contribution in [0.15, 0.2) is 30.5 Å². The van der Waals surface area contributed by atoms with Crippen LogP contribution in [0.4, 0.5) is 4.79 Å². The molecule has 0 spiro atoms. The first kappa shape index (κ1) is 15.6. The van der Waals surface area contributed by atoms with Crippen molar-refractivity contribution in [2.45, 2.75) is 25.5 Å². The Labute approximate surface area is 135 Å². The van der Waals surface area contributed by atoms with Crippen molar-refractivity contribution in [3.63, 3.8) is 0 Å². The molecule has 1 aliphatic heterocycles. The molecule has 1 amide bonds. The van der Waals surface area contributed by atoms with Crippen molar-refractivity contribution in [3.8, 4) is 5.75 Å². The lowest BCUT2D eigenvalue weighted by molar-refractivity contribution is 0.134. The Morgan fingerprint density at radius 2 is 2.35 bits per heavy atom. The van der Waals surface area contributed by atoms with E-state index in [4.69, 9.17) is 9.47 Å². The van der Waals surface area contributed by atoms with E-state index in [1.807, 2.05) is 30.5 Å². The van der Waals surface area contributed by atoms with Crippen LogP contribution in [0.1, 0.15) is 18.4 Å². The molecule has 1 aliphatic rings. The number of cyclic esters (lactones) is 1. The monoisotopic (exact) mass is 315 g/mol. The number of methoxy groups -OCH3 is 1. The lowest BCUT2D eigenvalue weighted by atomic mass is 10.1. The van der Waals surface area contributed by atoms with Crippen LogP contribution in [0.2, 0.25) is 0 Å². The summed E-state index contributed by atoms with van der Waals surface area (Å²) < 4.78 is 10.4. The number of ether oxygens (including phenoxy) is 2. The van der Waals surface area contributed by atoms with Gasteiger partial charge in [-0.25, -0.2) is 4.79 Å². The number of alkyl carbamates (subject to hydrolysis) is 1. The number of aromatic nitrogens is 1. The van der Waals surface area contributed by atoms with Crippen molar-refractivity contribution in [1.29, 1.82) is 0 Å².